The van der Waals surface area contributed by atoms with E-state index in [1.165, 1.54) is 5.56 Å². The molecule has 0 aliphatic carbocycles. The van der Waals surface area contributed by atoms with Crippen molar-refractivity contribution in [2.24, 2.45) is 0 Å². The molecule has 1 aliphatic heterocycles. The molecular weight excluding hydrogens is 264 g/mol. The maximum atomic E-state index is 12.3. The quantitative estimate of drug-likeness (QED) is 0.833. The van der Waals surface area contributed by atoms with Gasteiger partial charge in [-0.1, -0.05) is 30.3 Å². The minimum Gasteiger partial charge on any atom is -0.369 e. The molecule has 0 bridgehead atoms. The first-order valence-corrected chi connectivity index (χ1v) is 7.87. The Morgan fingerprint density at radius 2 is 1.95 bits per heavy atom. The van der Waals surface area contributed by atoms with E-state index in [-0.39, 0.29) is 12.0 Å². The molecule has 1 aromatic rings. The summed E-state index contributed by atoms with van der Waals surface area (Å²) in [7, 11) is 0. The zero-order valence-electron chi connectivity index (χ0n) is 13.1. The Hall–Kier alpha value is -1.39. The fraction of sp³-hybridized carbons (Fsp3) is 0.588. The summed E-state index contributed by atoms with van der Waals surface area (Å²) in [6.45, 7) is 8.92. The molecule has 4 nitrogen and oxygen atoms in total. The van der Waals surface area contributed by atoms with Gasteiger partial charge in [0, 0.05) is 39.3 Å². The van der Waals surface area contributed by atoms with Crippen LogP contribution in [0.25, 0.3) is 0 Å². The van der Waals surface area contributed by atoms with Crippen molar-refractivity contribution in [3.63, 3.8) is 0 Å². The lowest BCUT2D eigenvalue weighted by atomic mass is 10.2. The van der Waals surface area contributed by atoms with E-state index in [2.05, 4.69) is 29.2 Å². The molecule has 116 valence electrons. The first-order valence-electron chi connectivity index (χ1n) is 7.87. The monoisotopic (exact) mass is 290 g/mol. The number of hydrogen-bond acceptors (Lipinski definition) is 3. The van der Waals surface area contributed by atoms with E-state index in [9.17, 15) is 4.79 Å². The Bertz CT molecular complexity index is 436. The molecule has 1 heterocycles. The maximum absolute atomic E-state index is 12.3. The molecule has 4 heteroatoms. The predicted octanol–water partition coefficient (Wildman–Crippen LogP) is 2.15. The Labute approximate surface area is 127 Å². The van der Waals surface area contributed by atoms with Gasteiger partial charge in [0.1, 0.15) is 6.10 Å². The molecule has 0 N–H and O–H groups in total. The van der Waals surface area contributed by atoms with Crippen LogP contribution >= 0.6 is 0 Å². The molecule has 2 rings (SSSR count). The van der Waals surface area contributed by atoms with E-state index < -0.39 is 0 Å². The van der Waals surface area contributed by atoms with Crippen LogP contribution in [0.3, 0.4) is 0 Å². The summed E-state index contributed by atoms with van der Waals surface area (Å²) in [4.78, 5) is 16.7. The van der Waals surface area contributed by atoms with Crippen LogP contribution in [0.5, 0.6) is 0 Å². The second kappa shape index (κ2) is 8.15. The second-order valence-electron chi connectivity index (χ2n) is 5.54. The third-order valence-electron chi connectivity index (χ3n) is 3.91. The number of ether oxygens (including phenoxy) is 1. The highest BCUT2D eigenvalue weighted by Crippen LogP contribution is 2.10. The van der Waals surface area contributed by atoms with Gasteiger partial charge in [0.15, 0.2) is 0 Å². The van der Waals surface area contributed by atoms with E-state index in [1.54, 1.807) is 0 Å². The lowest BCUT2D eigenvalue weighted by Crippen LogP contribution is -2.41. The van der Waals surface area contributed by atoms with Gasteiger partial charge in [-0.15, -0.1) is 0 Å². The summed E-state index contributed by atoms with van der Waals surface area (Å²) in [5, 5.41) is 0. The summed E-state index contributed by atoms with van der Waals surface area (Å²) in [5.74, 6) is 0.124. The minimum atomic E-state index is -0.323. The number of amides is 1. The molecule has 0 aromatic heterocycles. The summed E-state index contributed by atoms with van der Waals surface area (Å²) in [5.41, 5.74) is 1.33. The summed E-state index contributed by atoms with van der Waals surface area (Å²) >= 11 is 0. The van der Waals surface area contributed by atoms with E-state index in [0.29, 0.717) is 6.61 Å². The summed E-state index contributed by atoms with van der Waals surface area (Å²) < 4.78 is 5.42. The van der Waals surface area contributed by atoms with Crippen LogP contribution in [0.4, 0.5) is 0 Å². The van der Waals surface area contributed by atoms with E-state index in [1.807, 2.05) is 24.8 Å². The van der Waals surface area contributed by atoms with Crippen LogP contribution in [0, 0.1) is 0 Å². The fourth-order valence-corrected chi connectivity index (χ4v) is 2.77. The van der Waals surface area contributed by atoms with E-state index >= 15 is 0 Å². The lowest BCUT2D eigenvalue weighted by Gasteiger charge is -2.24. The number of nitrogens with zero attached hydrogens (tertiary/aromatic N) is 2. The van der Waals surface area contributed by atoms with Gasteiger partial charge in [0.05, 0.1) is 0 Å². The number of carbonyl (C=O) groups is 1. The third-order valence-corrected chi connectivity index (χ3v) is 3.91. The lowest BCUT2D eigenvalue weighted by molar-refractivity contribution is -0.142. The van der Waals surface area contributed by atoms with Crippen molar-refractivity contribution in [2.45, 2.75) is 32.9 Å². The highest BCUT2D eigenvalue weighted by atomic mass is 16.5. The Balaban J connectivity index is 1.85. The van der Waals surface area contributed by atoms with Gasteiger partial charge in [-0.05, 0) is 25.8 Å². The molecule has 0 radical (unpaired) electrons. The van der Waals surface area contributed by atoms with Crippen molar-refractivity contribution in [2.75, 3.05) is 32.8 Å². The highest BCUT2D eigenvalue weighted by molar-refractivity contribution is 5.80. The molecule has 1 fully saturated rings. The van der Waals surface area contributed by atoms with Gasteiger partial charge < -0.3 is 9.64 Å². The Morgan fingerprint density at radius 3 is 2.67 bits per heavy atom. The third kappa shape index (κ3) is 4.83. The molecule has 1 unspecified atom stereocenters. The van der Waals surface area contributed by atoms with Gasteiger partial charge in [-0.25, -0.2) is 0 Å². The van der Waals surface area contributed by atoms with Gasteiger partial charge in [0.25, 0.3) is 5.91 Å². The molecule has 1 atom stereocenters. The molecule has 1 saturated heterocycles. The molecule has 0 spiro atoms. The van der Waals surface area contributed by atoms with Crippen LogP contribution < -0.4 is 0 Å². The Kier molecular flexibility index (Phi) is 6.21. The van der Waals surface area contributed by atoms with Crippen LogP contribution in [-0.4, -0.2) is 54.6 Å². The van der Waals surface area contributed by atoms with Crippen molar-refractivity contribution in [1.29, 1.82) is 0 Å². The molecule has 21 heavy (non-hydrogen) atoms. The average Bonchev–Trinajstić information content (AvgIpc) is 2.73. The average molecular weight is 290 g/mol. The number of rotatable bonds is 5. The SMILES string of the molecule is CCOC(C)C(=O)N1CCCN(Cc2ccccc2)CC1. The van der Waals surface area contributed by atoms with Gasteiger partial charge >= 0.3 is 0 Å². The van der Waals surface area contributed by atoms with Crippen molar-refractivity contribution in [1.82, 2.24) is 9.80 Å². The van der Waals surface area contributed by atoms with E-state index in [4.69, 9.17) is 4.74 Å². The molecule has 1 aliphatic rings. The molecule has 1 amide bonds. The first kappa shape index (κ1) is 16.0. The van der Waals surface area contributed by atoms with Crippen LogP contribution in [0.1, 0.15) is 25.8 Å². The first-order chi connectivity index (χ1) is 10.2. The maximum Gasteiger partial charge on any atom is 0.251 e. The number of benzene rings is 1. The summed E-state index contributed by atoms with van der Waals surface area (Å²) in [6.07, 6.45) is 0.702. The number of hydrogen-bond donors (Lipinski definition) is 0. The largest absolute Gasteiger partial charge is 0.369 e. The second-order valence-corrected chi connectivity index (χ2v) is 5.54. The van der Waals surface area contributed by atoms with Crippen LogP contribution in [0.15, 0.2) is 30.3 Å². The van der Waals surface area contributed by atoms with Crippen LogP contribution in [0.2, 0.25) is 0 Å². The highest BCUT2D eigenvalue weighted by Gasteiger charge is 2.23. The van der Waals surface area contributed by atoms with Crippen molar-refractivity contribution in [3.05, 3.63) is 35.9 Å². The number of carbonyl (C=O) groups excluding carboxylic acids is 1. The molecule has 1 aromatic carbocycles. The predicted molar refractivity (Wildman–Crippen MR) is 84.0 cm³/mol. The smallest absolute Gasteiger partial charge is 0.251 e. The summed E-state index contributed by atoms with van der Waals surface area (Å²) in [6, 6.07) is 10.5. The zero-order chi connectivity index (χ0) is 15.1. The van der Waals surface area contributed by atoms with Crippen molar-refractivity contribution in [3.8, 4) is 0 Å². The van der Waals surface area contributed by atoms with Gasteiger partial charge in [-0.2, -0.15) is 0 Å². The van der Waals surface area contributed by atoms with E-state index in [0.717, 1.165) is 39.1 Å². The Morgan fingerprint density at radius 1 is 1.19 bits per heavy atom. The zero-order valence-corrected chi connectivity index (χ0v) is 13.1. The molecule has 0 saturated carbocycles. The normalized spacial score (nSPS) is 18.3. The van der Waals surface area contributed by atoms with Gasteiger partial charge in [0.2, 0.25) is 0 Å². The molecular formula is C17H26N2O2. The minimum absolute atomic E-state index is 0.124. The van der Waals surface area contributed by atoms with Crippen molar-refractivity contribution >= 4 is 5.91 Å². The standard InChI is InChI=1S/C17H26N2O2/c1-3-21-15(2)17(20)19-11-7-10-18(12-13-19)14-16-8-5-4-6-9-16/h4-6,8-9,15H,3,7,10-14H2,1-2H3. The van der Waals surface area contributed by atoms with Crippen molar-refractivity contribution < 1.29 is 9.53 Å². The van der Waals surface area contributed by atoms with Gasteiger partial charge in [-0.3, -0.25) is 9.69 Å². The topological polar surface area (TPSA) is 32.8 Å². The van der Waals surface area contributed by atoms with Crippen LogP contribution in [-0.2, 0) is 16.1 Å². The fourth-order valence-electron chi connectivity index (χ4n) is 2.77.